The molecule has 0 bridgehead atoms. The number of nitrogens with one attached hydrogen (secondary N) is 1. The predicted octanol–water partition coefficient (Wildman–Crippen LogP) is 2.48. The van der Waals surface area contributed by atoms with E-state index in [2.05, 4.69) is 10.2 Å². The molecule has 4 nitrogen and oxygen atoms in total. The van der Waals surface area contributed by atoms with Crippen LogP contribution >= 0.6 is 0 Å². The zero-order valence-corrected chi connectivity index (χ0v) is 11.4. The maximum atomic E-state index is 12.0. The Balaban J connectivity index is 2.05. The second kappa shape index (κ2) is 5.73. The summed E-state index contributed by atoms with van der Waals surface area (Å²) in [5.41, 5.74) is 9.01. The highest BCUT2D eigenvalue weighted by Crippen LogP contribution is 2.20. The third kappa shape index (κ3) is 2.75. The highest BCUT2D eigenvalue weighted by atomic mass is 16.1. The Labute approximate surface area is 122 Å². The van der Waals surface area contributed by atoms with Crippen molar-refractivity contribution in [2.75, 3.05) is 0 Å². The molecule has 1 unspecified atom stereocenters. The zero-order valence-electron chi connectivity index (χ0n) is 11.4. The number of nitrogens with two attached hydrogens (primary N) is 1. The number of hydrogen-bond donors (Lipinski definition) is 2. The molecule has 0 aliphatic rings. The number of rotatable bonds is 3. The van der Waals surface area contributed by atoms with Crippen molar-refractivity contribution < 1.29 is 0 Å². The molecule has 4 heteroatoms. The summed E-state index contributed by atoms with van der Waals surface area (Å²) >= 11 is 0. The zero-order chi connectivity index (χ0) is 14.7. The molecule has 0 amide bonds. The van der Waals surface area contributed by atoms with Gasteiger partial charge in [-0.15, -0.1) is 0 Å². The van der Waals surface area contributed by atoms with Crippen LogP contribution in [0.15, 0.2) is 71.5 Å². The molecule has 0 aliphatic carbocycles. The lowest BCUT2D eigenvalue weighted by atomic mass is 10.00. The van der Waals surface area contributed by atoms with Gasteiger partial charge in [0.25, 0.3) is 5.56 Å². The molecule has 104 valence electrons. The fourth-order valence-electron chi connectivity index (χ4n) is 2.25. The molecule has 0 saturated carbocycles. The average Bonchev–Trinajstić information content (AvgIpc) is 2.56. The van der Waals surface area contributed by atoms with Crippen molar-refractivity contribution in [1.82, 2.24) is 10.2 Å². The minimum absolute atomic E-state index is 0.258. The SMILES string of the molecule is NC(c1ccccc1)c1cc(-c2ccccc2)n[nH]c1=O. The Kier molecular flexibility index (Phi) is 3.62. The van der Waals surface area contributed by atoms with Crippen molar-refractivity contribution >= 4 is 0 Å². The highest BCUT2D eigenvalue weighted by Gasteiger charge is 2.14. The van der Waals surface area contributed by atoms with Crippen molar-refractivity contribution in [3.63, 3.8) is 0 Å². The Bertz CT molecular complexity index is 782. The van der Waals surface area contributed by atoms with Crippen molar-refractivity contribution in [2.45, 2.75) is 6.04 Å². The molecule has 1 heterocycles. The van der Waals surface area contributed by atoms with Crippen LogP contribution in [-0.4, -0.2) is 10.2 Å². The minimum atomic E-state index is -0.472. The van der Waals surface area contributed by atoms with Crippen molar-refractivity contribution in [2.24, 2.45) is 5.73 Å². The molecule has 3 aromatic rings. The summed E-state index contributed by atoms with van der Waals surface area (Å²) in [5, 5.41) is 6.62. The molecular weight excluding hydrogens is 262 g/mol. The molecule has 2 aromatic carbocycles. The van der Waals surface area contributed by atoms with Crippen LogP contribution in [0.25, 0.3) is 11.3 Å². The van der Waals surface area contributed by atoms with Crippen LogP contribution in [0.3, 0.4) is 0 Å². The van der Waals surface area contributed by atoms with E-state index in [0.29, 0.717) is 11.3 Å². The van der Waals surface area contributed by atoms with Crippen LogP contribution in [0, 0.1) is 0 Å². The third-order valence-corrected chi connectivity index (χ3v) is 3.40. The summed E-state index contributed by atoms with van der Waals surface area (Å²) in [5.74, 6) is 0. The first-order valence-corrected chi connectivity index (χ1v) is 6.71. The molecule has 1 atom stereocenters. The molecule has 1 aromatic heterocycles. The van der Waals surface area contributed by atoms with Gasteiger partial charge >= 0.3 is 0 Å². The molecule has 3 rings (SSSR count). The van der Waals surface area contributed by atoms with E-state index in [-0.39, 0.29) is 5.56 Å². The van der Waals surface area contributed by atoms with Gasteiger partial charge in [-0.25, -0.2) is 5.10 Å². The standard InChI is InChI=1S/C17H15N3O/c18-16(13-9-5-2-6-10-13)14-11-15(19-20-17(14)21)12-7-3-1-4-8-12/h1-11,16H,18H2,(H,20,21). The molecule has 21 heavy (non-hydrogen) atoms. The third-order valence-electron chi connectivity index (χ3n) is 3.40. The van der Waals surface area contributed by atoms with Gasteiger partial charge in [-0.05, 0) is 11.6 Å². The Hall–Kier alpha value is -2.72. The van der Waals surface area contributed by atoms with Crippen LogP contribution in [0.2, 0.25) is 0 Å². The van der Waals surface area contributed by atoms with Gasteiger partial charge in [0.2, 0.25) is 0 Å². The molecular formula is C17H15N3O. The average molecular weight is 277 g/mol. The largest absolute Gasteiger partial charge is 0.320 e. The second-order valence-electron chi connectivity index (χ2n) is 4.79. The smallest absolute Gasteiger partial charge is 0.269 e. The summed E-state index contributed by atoms with van der Waals surface area (Å²) in [6, 6.07) is 20.5. The van der Waals surface area contributed by atoms with Gasteiger partial charge in [-0.3, -0.25) is 4.79 Å². The lowest BCUT2D eigenvalue weighted by Crippen LogP contribution is -2.23. The van der Waals surface area contributed by atoms with Crippen molar-refractivity contribution in [3.8, 4) is 11.3 Å². The Morgan fingerprint density at radius 1 is 0.952 bits per heavy atom. The van der Waals surface area contributed by atoms with Crippen LogP contribution < -0.4 is 11.3 Å². The van der Waals surface area contributed by atoms with Gasteiger partial charge in [-0.2, -0.15) is 5.10 Å². The van der Waals surface area contributed by atoms with Crippen molar-refractivity contribution in [3.05, 3.63) is 88.2 Å². The number of nitrogens with zero attached hydrogens (tertiary/aromatic N) is 1. The summed E-state index contributed by atoms with van der Waals surface area (Å²) < 4.78 is 0. The molecule has 3 N–H and O–H groups in total. The van der Waals surface area contributed by atoms with E-state index < -0.39 is 6.04 Å². The normalized spacial score (nSPS) is 12.0. The van der Waals surface area contributed by atoms with Gasteiger partial charge < -0.3 is 5.73 Å². The Morgan fingerprint density at radius 2 is 1.57 bits per heavy atom. The van der Waals surface area contributed by atoms with Crippen LogP contribution in [0.5, 0.6) is 0 Å². The first-order valence-electron chi connectivity index (χ1n) is 6.71. The van der Waals surface area contributed by atoms with E-state index in [4.69, 9.17) is 5.73 Å². The van der Waals surface area contributed by atoms with Crippen LogP contribution in [0.1, 0.15) is 17.2 Å². The van der Waals surface area contributed by atoms with Gasteiger partial charge in [0.1, 0.15) is 0 Å². The number of H-pyrrole nitrogens is 1. The lowest BCUT2D eigenvalue weighted by molar-refractivity contribution is 0.828. The molecule has 0 radical (unpaired) electrons. The van der Waals surface area contributed by atoms with Gasteiger partial charge in [0.05, 0.1) is 11.7 Å². The maximum Gasteiger partial charge on any atom is 0.269 e. The first kappa shape index (κ1) is 13.3. The second-order valence-corrected chi connectivity index (χ2v) is 4.79. The summed E-state index contributed by atoms with van der Waals surface area (Å²) in [4.78, 5) is 12.0. The fourth-order valence-corrected chi connectivity index (χ4v) is 2.25. The quantitative estimate of drug-likeness (QED) is 0.772. The van der Waals surface area contributed by atoms with Gasteiger partial charge in [-0.1, -0.05) is 60.7 Å². The molecule has 0 saturated heterocycles. The number of benzene rings is 2. The van der Waals surface area contributed by atoms with Crippen LogP contribution in [-0.2, 0) is 0 Å². The maximum absolute atomic E-state index is 12.0. The van der Waals surface area contributed by atoms with E-state index in [0.717, 1.165) is 11.1 Å². The number of aromatic amines is 1. The predicted molar refractivity (Wildman–Crippen MR) is 82.8 cm³/mol. The topological polar surface area (TPSA) is 71.8 Å². The molecule has 0 spiro atoms. The number of aromatic nitrogens is 2. The lowest BCUT2D eigenvalue weighted by Gasteiger charge is -2.12. The van der Waals surface area contributed by atoms with Crippen molar-refractivity contribution in [1.29, 1.82) is 0 Å². The van der Waals surface area contributed by atoms with Crippen LogP contribution in [0.4, 0.5) is 0 Å². The summed E-state index contributed by atoms with van der Waals surface area (Å²) in [7, 11) is 0. The van der Waals surface area contributed by atoms with E-state index >= 15 is 0 Å². The molecule has 0 aliphatic heterocycles. The monoisotopic (exact) mass is 277 g/mol. The van der Waals surface area contributed by atoms with E-state index in [9.17, 15) is 4.79 Å². The van der Waals surface area contributed by atoms with E-state index in [1.54, 1.807) is 6.07 Å². The first-order chi connectivity index (χ1) is 10.3. The summed E-state index contributed by atoms with van der Waals surface area (Å²) in [6.45, 7) is 0. The number of hydrogen-bond acceptors (Lipinski definition) is 3. The van der Waals surface area contributed by atoms with E-state index in [1.165, 1.54) is 0 Å². The molecule has 0 fully saturated rings. The van der Waals surface area contributed by atoms with Gasteiger partial charge in [0.15, 0.2) is 0 Å². The minimum Gasteiger partial charge on any atom is -0.320 e. The van der Waals surface area contributed by atoms with E-state index in [1.807, 2.05) is 60.7 Å². The Morgan fingerprint density at radius 3 is 2.24 bits per heavy atom. The summed E-state index contributed by atoms with van der Waals surface area (Å²) in [6.07, 6.45) is 0. The fraction of sp³-hybridized carbons (Fsp3) is 0.0588. The van der Waals surface area contributed by atoms with Gasteiger partial charge in [0, 0.05) is 11.1 Å². The highest BCUT2D eigenvalue weighted by molar-refractivity contribution is 5.59.